The molecule has 0 aliphatic carbocycles. The molecule has 5 nitrogen and oxygen atoms in total. The van der Waals surface area contributed by atoms with E-state index >= 15 is 0 Å². The molecule has 2 N–H and O–H groups in total. The van der Waals surface area contributed by atoms with Crippen molar-refractivity contribution in [1.82, 2.24) is 5.32 Å². The van der Waals surface area contributed by atoms with Gasteiger partial charge >= 0.3 is 0 Å². The third-order valence-corrected chi connectivity index (χ3v) is 2.86. The van der Waals surface area contributed by atoms with E-state index in [0.717, 1.165) is 0 Å². The Bertz CT molecular complexity index is 482. The van der Waals surface area contributed by atoms with E-state index < -0.39 is 6.10 Å². The molecule has 0 bridgehead atoms. The molecule has 0 aliphatic heterocycles. The number of para-hydroxylation sites is 1. The number of ether oxygens (including phenoxy) is 1. The predicted octanol–water partition coefficient (Wildman–Crippen LogP) is 1.60. The van der Waals surface area contributed by atoms with E-state index in [1.54, 1.807) is 31.2 Å². The number of aliphatic hydroxyl groups is 1. The fraction of sp³-hybridized carbons (Fsp3) is 0.467. The number of hydrogen-bond acceptors (Lipinski definition) is 4. The number of benzene rings is 1. The van der Waals surface area contributed by atoms with Crippen molar-refractivity contribution in [3.05, 3.63) is 29.8 Å². The first-order valence-corrected chi connectivity index (χ1v) is 6.65. The van der Waals surface area contributed by atoms with Crippen LogP contribution in [0, 0.1) is 11.3 Å². The van der Waals surface area contributed by atoms with Crippen LogP contribution >= 0.6 is 0 Å². The minimum Gasteiger partial charge on any atom is -0.480 e. The highest BCUT2D eigenvalue weighted by molar-refractivity contribution is 5.81. The lowest BCUT2D eigenvalue weighted by atomic mass is 10.2. The summed E-state index contributed by atoms with van der Waals surface area (Å²) in [5.41, 5.74) is 0.403. The first-order chi connectivity index (χ1) is 9.58. The van der Waals surface area contributed by atoms with E-state index in [9.17, 15) is 4.79 Å². The van der Waals surface area contributed by atoms with Crippen LogP contribution in [0.1, 0.15) is 32.3 Å². The largest absolute Gasteiger partial charge is 0.480 e. The fourth-order valence-corrected chi connectivity index (χ4v) is 1.74. The van der Waals surface area contributed by atoms with Gasteiger partial charge in [-0.05, 0) is 38.8 Å². The maximum atomic E-state index is 11.9. The van der Waals surface area contributed by atoms with Crippen molar-refractivity contribution in [2.75, 3.05) is 6.61 Å². The molecule has 1 amide bonds. The van der Waals surface area contributed by atoms with Gasteiger partial charge in [0.1, 0.15) is 11.8 Å². The van der Waals surface area contributed by atoms with Gasteiger partial charge in [0.25, 0.3) is 5.91 Å². The zero-order valence-corrected chi connectivity index (χ0v) is 11.8. The minimum absolute atomic E-state index is 0.0214. The standard InChI is InChI=1S/C15H20N2O3/c1-11(6-5-9-18)17-15(19)12(2)20-14-8-4-3-7-13(14)10-16/h3-4,7-8,11-12,18H,5-6,9H2,1-2H3,(H,17,19). The molecule has 1 aromatic rings. The van der Waals surface area contributed by atoms with Gasteiger partial charge < -0.3 is 15.2 Å². The van der Waals surface area contributed by atoms with Crippen molar-refractivity contribution in [2.45, 2.75) is 38.8 Å². The molecule has 108 valence electrons. The zero-order chi connectivity index (χ0) is 15.0. The number of hydrogen-bond donors (Lipinski definition) is 2. The number of nitrogens with zero attached hydrogens (tertiary/aromatic N) is 1. The lowest BCUT2D eigenvalue weighted by Crippen LogP contribution is -2.41. The van der Waals surface area contributed by atoms with Crippen molar-refractivity contribution < 1.29 is 14.6 Å². The van der Waals surface area contributed by atoms with Crippen molar-refractivity contribution >= 4 is 5.91 Å². The van der Waals surface area contributed by atoms with Crippen LogP contribution in [-0.4, -0.2) is 29.8 Å². The molecule has 0 aromatic heterocycles. The van der Waals surface area contributed by atoms with E-state index in [0.29, 0.717) is 24.2 Å². The summed E-state index contributed by atoms with van der Waals surface area (Å²) in [5.74, 6) is 0.170. The number of nitriles is 1. The summed E-state index contributed by atoms with van der Waals surface area (Å²) >= 11 is 0. The van der Waals surface area contributed by atoms with Crippen LogP contribution in [0.3, 0.4) is 0 Å². The maximum absolute atomic E-state index is 11.9. The summed E-state index contributed by atoms with van der Waals surface area (Å²) in [5, 5.41) is 20.5. The molecule has 20 heavy (non-hydrogen) atoms. The van der Waals surface area contributed by atoms with Crippen LogP contribution in [-0.2, 0) is 4.79 Å². The van der Waals surface area contributed by atoms with Crippen molar-refractivity contribution in [2.24, 2.45) is 0 Å². The van der Waals surface area contributed by atoms with Crippen molar-refractivity contribution in [3.8, 4) is 11.8 Å². The molecular weight excluding hydrogens is 256 g/mol. The Hall–Kier alpha value is -2.06. The first kappa shape index (κ1) is 16.0. The Kier molecular flexibility index (Phi) is 6.54. The van der Waals surface area contributed by atoms with E-state index in [1.807, 2.05) is 13.0 Å². The molecular formula is C15H20N2O3. The number of carbonyl (C=O) groups is 1. The van der Waals surface area contributed by atoms with Crippen LogP contribution in [0.25, 0.3) is 0 Å². The second-order valence-corrected chi connectivity index (χ2v) is 4.64. The van der Waals surface area contributed by atoms with Gasteiger partial charge in [-0.25, -0.2) is 0 Å². The topological polar surface area (TPSA) is 82.3 Å². The highest BCUT2D eigenvalue weighted by Crippen LogP contribution is 2.18. The molecule has 0 saturated heterocycles. The SMILES string of the molecule is CC(CCCO)NC(=O)C(C)Oc1ccccc1C#N. The van der Waals surface area contributed by atoms with Crippen LogP contribution < -0.4 is 10.1 Å². The van der Waals surface area contributed by atoms with Crippen LogP contribution in [0.4, 0.5) is 0 Å². The molecule has 2 atom stereocenters. The van der Waals surface area contributed by atoms with Gasteiger partial charge in [-0.2, -0.15) is 5.26 Å². The predicted molar refractivity (Wildman–Crippen MR) is 75.2 cm³/mol. The molecule has 1 rings (SSSR count). The molecule has 0 aliphatic rings. The molecule has 0 heterocycles. The Morgan fingerprint density at radius 3 is 2.80 bits per heavy atom. The Balaban J connectivity index is 2.55. The number of carbonyl (C=O) groups excluding carboxylic acids is 1. The van der Waals surface area contributed by atoms with Crippen molar-refractivity contribution in [3.63, 3.8) is 0 Å². The highest BCUT2D eigenvalue weighted by atomic mass is 16.5. The maximum Gasteiger partial charge on any atom is 0.260 e. The van der Waals surface area contributed by atoms with Crippen LogP contribution in [0.5, 0.6) is 5.75 Å². The molecule has 1 aromatic carbocycles. The average Bonchev–Trinajstić information content (AvgIpc) is 2.45. The number of amides is 1. The Labute approximate surface area is 119 Å². The third kappa shape index (κ3) is 4.90. The zero-order valence-electron chi connectivity index (χ0n) is 11.8. The summed E-state index contributed by atoms with van der Waals surface area (Å²) in [4.78, 5) is 11.9. The van der Waals surface area contributed by atoms with Crippen LogP contribution in [0.2, 0.25) is 0 Å². The highest BCUT2D eigenvalue weighted by Gasteiger charge is 2.17. The molecule has 0 saturated carbocycles. The van der Waals surface area contributed by atoms with Gasteiger partial charge in [-0.1, -0.05) is 12.1 Å². The molecule has 5 heteroatoms. The Morgan fingerprint density at radius 2 is 2.15 bits per heavy atom. The number of rotatable bonds is 7. The van der Waals surface area contributed by atoms with Gasteiger partial charge in [0.2, 0.25) is 0 Å². The Morgan fingerprint density at radius 1 is 1.45 bits per heavy atom. The van der Waals surface area contributed by atoms with E-state index in [-0.39, 0.29) is 18.6 Å². The lowest BCUT2D eigenvalue weighted by molar-refractivity contribution is -0.127. The third-order valence-electron chi connectivity index (χ3n) is 2.86. The molecule has 0 spiro atoms. The van der Waals surface area contributed by atoms with Crippen LogP contribution in [0.15, 0.2) is 24.3 Å². The molecule has 0 radical (unpaired) electrons. The quantitative estimate of drug-likeness (QED) is 0.792. The summed E-state index contributed by atoms with van der Waals surface area (Å²) in [6.45, 7) is 3.63. The van der Waals surface area contributed by atoms with E-state index in [2.05, 4.69) is 5.32 Å². The van der Waals surface area contributed by atoms with Gasteiger partial charge in [0.05, 0.1) is 5.56 Å². The summed E-state index contributed by atoms with van der Waals surface area (Å²) < 4.78 is 5.52. The average molecular weight is 276 g/mol. The summed E-state index contributed by atoms with van der Waals surface area (Å²) in [6, 6.07) is 8.81. The summed E-state index contributed by atoms with van der Waals surface area (Å²) in [6.07, 6.45) is 0.679. The second kappa shape index (κ2) is 8.18. The fourth-order valence-electron chi connectivity index (χ4n) is 1.74. The monoisotopic (exact) mass is 276 g/mol. The van der Waals surface area contributed by atoms with E-state index in [4.69, 9.17) is 15.1 Å². The van der Waals surface area contributed by atoms with Gasteiger partial charge in [-0.15, -0.1) is 0 Å². The molecule has 2 unspecified atom stereocenters. The smallest absolute Gasteiger partial charge is 0.260 e. The van der Waals surface area contributed by atoms with Crippen molar-refractivity contribution in [1.29, 1.82) is 5.26 Å². The van der Waals surface area contributed by atoms with Gasteiger partial charge in [0, 0.05) is 12.6 Å². The first-order valence-electron chi connectivity index (χ1n) is 6.65. The van der Waals surface area contributed by atoms with Gasteiger partial charge in [-0.3, -0.25) is 4.79 Å². The second-order valence-electron chi connectivity index (χ2n) is 4.64. The van der Waals surface area contributed by atoms with Gasteiger partial charge in [0.15, 0.2) is 6.10 Å². The van der Waals surface area contributed by atoms with E-state index in [1.165, 1.54) is 0 Å². The normalized spacial score (nSPS) is 13.1. The minimum atomic E-state index is -0.680. The summed E-state index contributed by atoms with van der Waals surface area (Å²) in [7, 11) is 0. The molecule has 0 fully saturated rings. The lowest BCUT2D eigenvalue weighted by Gasteiger charge is -2.18. The number of nitrogens with one attached hydrogen (secondary N) is 1. The number of aliphatic hydroxyl groups excluding tert-OH is 1.